The van der Waals surface area contributed by atoms with Gasteiger partial charge in [0.15, 0.2) is 0 Å². The molecule has 0 aliphatic heterocycles. The van der Waals surface area contributed by atoms with E-state index in [1.54, 1.807) is 0 Å². The van der Waals surface area contributed by atoms with Crippen molar-refractivity contribution in [1.29, 1.82) is 0 Å². The van der Waals surface area contributed by atoms with Crippen LogP contribution in [0, 0.1) is 13.8 Å². The SMILES string of the molecule is CC(=O)Nc1ccc(Nc2cc(C)nc(NCc3cccc(C)c3)n2)cc1. The largest absolute Gasteiger partial charge is 0.350 e. The van der Waals surface area contributed by atoms with Gasteiger partial charge in [0.05, 0.1) is 0 Å². The highest BCUT2D eigenvalue weighted by atomic mass is 16.1. The van der Waals surface area contributed by atoms with Crippen LogP contribution < -0.4 is 16.0 Å². The molecule has 0 fully saturated rings. The Kier molecular flexibility index (Phi) is 5.66. The first-order valence-electron chi connectivity index (χ1n) is 8.78. The van der Waals surface area contributed by atoms with Gasteiger partial charge in [-0.2, -0.15) is 4.98 Å². The Labute approximate surface area is 159 Å². The van der Waals surface area contributed by atoms with E-state index >= 15 is 0 Å². The van der Waals surface area contributed by atoms with Gasteiger partial charge in [0.1, 0.15) is 5.82 Å². The lowest BCUT2D eigenvalue weighted by Gasteiger charge is -2.11. The summed E-state index contributed by atoms with van der Waals surface area (Å²) in [7, 11) is 0. The van der Waals surface area contributed by atoms with Crippen LogP contribution in [-0.2, 0) is 11.3 Å². The molecule has 0 atom stereocenters. The molecule has 27 heavy (non-hydrogen) atoms. The molecule has 0 bridgehead atoms. The summed E-state index contributed by atoms with van der Waals surface area (Å²) >= 11 is 0. The van der Waals surface area contributed by atoms with E-state index in [4.69, 9.17) is 0 Å². The van der Waals surface area contributed by atoms with E-state index in [0.29, 0.717) is 18.3 Å². The summed E-state index contributed by atoms with van der Waals surface area (Å²) in [6, 6.07) is 17.7. The minimum Gasteiger partial charge on any atom is -0.350 e. The van der Waals surface area contributed by atoms with Crippen molar-refractivity contribution < 1.29 is 4.79 Å². The molecule has 1 aromatic heterocycles. The average Bonchev–Trinajstić information content (AvgIpc) is 2.61. The summed E-state index contributed by atoms with van der Waals surface area (Å²) in [6.07, 6.45) is 0. The third-order valence-corrected chi connectivity index (χ3v) is 3.87. The van der Waals surface area contributed by atoms with Crippen LogP contribution in [0.3, 0.4) is 0 Å². The number of nitrogens with one attached hydrogen (secondary N) is 3. The number of carbonyl (C=O) groups excluding carboxylic acids is 1. The second-order valence-electron chi connectivity index (χ2n) is 6.44. The highest BCUT2D eigenvalue weighted by molar-refractivity contribution is 5.88. The van der Waals surface area contributed by atoms with Crippen LogP contribution in [0.5, 0.6) is 0 Å². The zero-order chi connectivity index (χ0) is 19.2. The second kappa shape index (κ2) is 8.31. The number of amides is 1. The zero-order valence-corrected chi connectivity index (χ0v) is 15.7. The molecule has 138 valence electrons. The van der Waals surface area contributed by atoms with Crippen molar-refractivity contribution in [2.45, 2.75) is 27.3 Å². The van der Waals surface area contributed by atoms with E-state index in [9.17, 15) is 4.79 Å². The highest BCUT2D eigenvalue weighted by Crippen LogP contribution is 2.19. The van der Waals surface area contributed by atoms with E-state index in [2.05, 4.69) is 51.0 Å². The van der Waals surface area contributed by atoms with Crippen molar-refractivity contribution in [3.8, 4) is 0 Å². The fraction of sp³-hybridized carbons (Fsp3) is 0.190. The van der Waals surface area contributed by atoms with Gasteiger partial charge in [-0.05, 0) is 43.7 Å². The van der Waals surface area contributed by atoms with Crippen LogP contribution in [0.4, 0.5) is 23.1 Å². The number of nitrogens with zero attached hydrogens (tertiary/aromatic N) is 2. The zero-order valence-electron chi connectivity index (χ0n) is 15.7. The second-order valence-corrected chi connectivity index (χ2v) is 6.44. The van der Waals surface area contributed by atoms with Gasteiger partial charge in [-0.3, -0.25) is 4.79 Å². The predicted molar refractivity (Wildman–Crippen MR) is 109 cm³/mol. The molecular weight excluding hydrogens is 338 g/mol. The minimum atomic E-state index is -0.0912. The van der Waals surface area contributed by atoms with E-state index in [-0.39, 0.29) is 5.91 Å². The number of benzene rings is 2. The molecule has 0 spiro atoms. The van der Waals surface area contributed by atoms with Crippen molar-refractivity contribution in [2.24, 2.45) is 0 Å². The first-order valence-corrected chi connectivity index (χ1v) is 8.78. The average molecular weight is 361 g/mol. The maximum absolute atomic E-state index is 11.1. The Bertz CT molecular complexity index is 938. The Balaban J connectivity index is 1.68. The van der Waals surface area contributed by atoms with E-state index in [0.717, 1.165) is 17.1 Å². The molecule has 0 saturated carbocycles. The summed E-state index contributed by atoms with van der Waals surface area (Å²) in [5.74, 6) is 1.20. The third kappa shape index (κ3) is 5.54. The molecule has 0 saturated heterocycles. The van der Waals surface area contributed by atoms with Gasteiger partial charge in [-0.1, -0.05) is 29.8 Å². The van der Waals surface area contributed by atoms with Crippen LogP contribution in [0.2, 0.25) is 0 Å². The molecule has 3 aromatic rings. The summed E-state index contributed by atoms with van der Waals surface area (Å²) < 4.78 is 0. The monoisotopic (exact) mass is 361 g/mol. The van der Waals surface area contributed by atoms with Gasteiger partial charge in [0.25, 0.3) is 0 Å². The fourth-order valence-corrected chi connectivity index (χ4v) is 2.70. The molecule has 6 heteroatoms. The van der Waals surface area contributed by atoms with Gasteiger partial charge in [-0.25, -0.2) is 4.98 Å². The van der Waals surface area contributed by atoms with Gasteiger partial charge in [0.2, 0.25) is 11.9 Å². The Hall–Kier alpha value is -3.41. The Morgan fingerprint density at radius 3 is 2.41 bits per heavy atom. The number of rotatable bonds is 6. The normalized spacial score (nSPS) is 10.3. The van der Waals surface area contributed by atoms with Gasteiger partial charge < -0.3 is 16.0 Å². The number of hydrogen-bond acceptors (Lipinski definition) is 5. The first-order chi connectivity index (χ1) is 13.0. The number of anilines is 4. The summed E-state index contributed by atoms with van der Waals surface area (Å²) in [6.45, 7) is 6.16. The van der Waals surface area contributed by atoms with Crippen LogP contribution in [-0.4, -0.2) is 15.9 Å². The summed E-state index contributed by atoms with van der Waals surface area (Å²) in [5.41, 5.74) is 4.92. The molecule has 0 radical (unpaired) electrons. The molecular formula is C21H23N5O. The predicted octanol–water partition coefficient (Wildman–Crippen LogP) is 4.41. The van der Waals surface area contributed by atoms with Crippen molar-refractivity contribution in [3.63, 3.8) is 0 Å². The summed E-state index contributed by atoms with van der Waals surface area (Å²) in [4.78, 5) is 20.1. The highest BCUT2D eigenvalue weighted by Gasteiger charge is 2.04. The van der Waals surface area contributed by atoms with E-state index < -0.39 is 0 Å². The molecule has 0 aliphatic rings. The van der Waals surface area contributed by atoms with Gasteiger partial charge >= 0.3 is 0 Å². The molecule has 3 rings (SSSR count). The number of aromatic nitrogens is 2. The molecule has 0 aliphatic carbocycles. The summed E-state index contributed by atoms with van der Waals surface area (Å²) in [5, 5.41) is 9.29. The molecule has 3 N–H and O–H groups in total. The lowest BCUT2D eigenvalue weighted by molar-refractivity contribution is -0.114. The Morgan fingerprint density at radius 1 is 0.963 bits per heavy atom. The third-order valence-electron chi connectivity index (χ3n) is 3.87. The minimum absolute atomic E-state index is 0.0912. The Morgan fingerprint density at radius 2 is 1.70 bits per heavy atom. The topological polar surface area (TPSA) is 78.9 Å². The number of aryl methyl sites for hydroxylation is 2. The van der Waals surface area contributed by atoms with E-state index in [1.165, 1.54) is 18.1 Å². The van der Waals surface area contributed by atoms with Crippen molar-refractivity contribution in [3.05, 3.63) is 71.4 Å². The van der Waals surface area contributed by atoms with Crippen molar-refractivity contribution in [2.75, 3.05) is 16.0 Å². The smallest absolute Gasteiger partial charge is 0.225 e. The van der Waals surface area contributed by atoms with Crippen molar-refractivity contribution >= 4 is 29.0 Å². The number of hydrogen-bond donors (Lipinski definition) is 3. The van der Waals surface area contributed by atoms with Gasteiger partial charge in [-0.15, -0.1) is 0 Å². The van der Waals surface area contributed by atoms with Crippen molar-refractivity contribution in [1.82, 2.24) is 9.97 Å². The fourth-order valence-electron chi connectivity index (χ4n) is 2.70. The maximum Gasteiger partial charge on any atom is 0.225 e. The first kappa shape index (κ1) is 18.4. The van der Waals surface area contributed by atoms with Gasteiger partial charge in [0, 0.05) is 36.6 Å². The molecule has 1 heterocycles. The molecule has 2 aromatic carbocycles. The molecule has 6 nitrogen and oxygen atoms in total. The number of carbonyl (C=O) groups is 1. The van der Waals surface area contributed by atoms with Crippen LogP contribution in [0.15, 0.2) is 54.6 Å². The molecule has 1 amide bonds. The lowest BCUT2D eigenvalue weighted by atomic mass is 10.1. The van der Waals surface area contributed by atoms with E-state index in [1.807, 2.05) is 43.3 Å². The standard InChI is InChI=1S/C21H23N5O/c1-14-5-4-6-17(11-14)13-22-21-23-15(2)12-20(26-21)25-19-9-7-18(8-10-19)24-16(3)27/h4-12H,13H2,1-3H3,(H,24,27)(H2,22,23,25,26). The molecule has 0 unspecified atom stereocenters. The quantitative estimate of drug-likeness (QED) is 0.606. The lowest BCUT2D eigenvalue weighted by Crippen LogP contribution is -2.07. The maximum atomic E-state index is 11.1. The van der Waals surface area contributed by atoms with Crippen LogP contribution >= 0.6 is 0 Å². The van der Waals surface area contributed by atoms with Crippen LogP contribution in [0.1, 0.15) is 23.7 Å². The van der Waals surface area contributed by atoms with Crippen LogP contribution in [0.25, 0.3) is 0 Å².